The molecule has 6 heteroatoms. The Hall–Kier alpha value is -0.620. The maximum atomic E-state index is 12.2. The minimum absolute atomic E-state index is 0.136. The molecule has 1 fully saturated rings. The quantitative estimate of drug-likeness (QED) is 0.750. The van der Waals surface area contributed by atoms with E-state index in [1.54, 1.807) is 6.92 Å². The van der Waals surface area contributed by atoms with Crippen LogP contribution in [-0.2, 0) is 14.8 Å². The summed E-state index contributed by atoms with van der Waals surface area (Å²) >= 11 is 0. The van der Waals surface area contributed by atoms with E-state index >= 15 is 0 Å². The number of carboxylic acids is 1. The highest BCUT2D eigenvalue weighted by Crippen LogP contribution is 2.26. The van der Waals surface area contributed by atoms with Gasteiger partial charge in [-0.2, -0.15) is 4.31 Å². The van der Waals surface area contributed by atoms with Crippen LogP contribution in [0.5, 0.6) is 0 Å². The van der Waals surface area contributed by atoms with Gasteiger partial charge < -0.3 is 5.11 Å². The maximum absolute atomic E-state index is 12.2. The van der Waals surface area contributed by atoms with Gasteiger partial charge in [-0.1, -0.05) is 19.8 Å². The Morgan fingerprint density at radius 3 is 2.61 bits per heavy atom. The summed E-state index contributed by atoms with van der Waals surface area (Å²) in [5.41, 5.74) is 0. The summed E-state index contributed by atoms with van der Waals surface area (Å²) in [7, 11) is -3.30. The van der Waals surface area contributed by atoms with Crippen LogP contribution < -0.4 is 0 Å². The Labute approximate surface area is 109 Å². The van der Waals surface area contributed by atoms with Gasteiger partial charge in [0.1, 0.15) is 0 Å². The van der Waals surface area contributed by atoms with Crippen molar-refractivity contribution in [2.75, 3.05) is 12.3 Å². The number of rotatable bonds is 6. The van der Waals surface area contributed by atoms with E-state index in [1.165, 1.54) is 4.31 Å². The van der Waals surface area contributed by atoms with Crippen molar-refractivity contribution in [3.05, 3.63) is 0 Å². The molecular weight excluding hydrogens is 254 g/mol. The topological polar surface area (TPSA) is 74.7 Å². The monoisotopic (exact) mass is 277 g/mol. The second-order valence-electron chi connectivity index (χ2n) is 4.96. The molecule has 18 heavy (non-hydrogen) atoms. The van der Waals surface area contributed by atoms with E-state index in [-0.39, 0.29) is 5.75 Å². The first kappa shape index (κ1) is 15.4. The van der Waals surface area contributed by atoms with Crippen molar-refractivity contribution in [1.29, 1.82) is 0 Å². The zero-order valence-corrected chi connectivity index (χ0v) is 11.9. The lowest BCUT2D eigenvalue weighted by atomic mass is 9.92. The molecule has 0 aromatic rings. The fraction of sp³-hybridized carbons (Fsp3) is 0.917. The van der Waals surface area contributed by atoms with Gasteiger partial charge >= 0.3 is 5.97 Å². The Morgan fingerprint density at radius 1 is 1.39 bits per heavy atom. The lowest BCUT2D eigenvalue weighted by Gasteiger charge is -2.36. The molecule has 0 saturated carbocycles. The standard InChI is InChI=1S/C12H23NO4S/c1-3-4-5-9-18(16,17)13-8-6-7-11(10(13)2)12(14)15/h10-11H,3-9H2,1-2H3,(H,14,15)/t10-,11-/m0/s1. The van der Waals surface area contributed by atoms with Gasteiger partial charge in [0.15, 0.2) is 0 Å². The number of hydrogen-bond donors (Lipinski definition) is 1. The van der Waals surface area contributed by atoms with Gasteiger partial charge in [0.2, 0.25) is 10.0 Å². The third-order valence-electron chi connectivity index (χ3n) is 3.61. The summed E-state index contributed by atoms with van der Waals surface area (Å²) in [6.45, 7) is 4.19. The van der Waals surface area contributed by atoms with Gasteiger partial charge in [-0.25, -0.2) is 8.42 Å². The Morgan fingerprint density at radius 2 is 2.06 bits per heavy atom. The molecule has 1 N–H and O–H groups in total. The zero-order valence-electron chi connectivity index (χ0n) is 11.1. The van der Waals surface area contributed by atoms with E-state index in [2.05, 4.69) is 0 Å². The number of carbonyl (C=O) groups is 1. The predicted octanol–water partition coefficient (Wildman–Crippen LogP) is 1.69. The summed E-state index contributed by atoms with van der Waals surface area (Å²) in [4.78, 5) is 11.1. The Kier molecular flexibility index (Phi) is 5.59. The van der Waals surface area contributed by atoms with Gasteiger partial charge in [-0.05, 0) is 26.2 Å². The predicted molar refractivity (Wildman–Crippen MR) is 69.8 cm³/mol. The Balaban J connectivity index is 2.71. The first-order chi connectivity index (χ1) is 8.40. The van der Waals surface area contributed by atoms with Crippen LogP contribution in [0.1, 0.15) is 46.0 Å². The third-order valence-corrected chi connectivity index (χ3v) is 5.64. The summed E-state index contributed by atoms with van der Waals surface area (Å²) in [6, 6.07) is -0.428. The van der Waals surface area contributed by atoms with E-state index in [0.29, 0.717) is 25.8 Å². The number of nitrogens with zero attached hydrogens (tertiary/aromatic N) is 1. The fourth-order valence-electron chi connectivity index (χ4n) is 2.49. The molecule has 1 rings (SSSR count). The van der Waals surface area contributed by atoms with Crippen LogP contribution in [0, 0.1) is 5.92 Å². The average molecular weight is 277 g/mol. The third kappa shape index (κ3) is 3.68. The molecule has 0 spiro atoms. The van der Waals surface area contributed by atoms with Crippen molar-refractivity contribution >= 4 is 16.0 Å². The van der Waals surface area contributed by atoms with E-state index in [4.69, 9.17) is 5.11 Å². The SMILES string of the molecule is CCCCCS(=O)(=O)N1CCC[C@H](C(=O)O)[C@@H]1C. The van der Waals surface area contributed by atoms with E-state index in [0.717, 1.165) is 12.8 Å². The van der Waals surface area contributed by atoms with Crippen LogP contribution in [0.4, 0.5) is 0 Å². The highest BCUT2D eigenvalue weighted by molar-refractivity contribution is 7.89. The maximum Gasteiger partial charge on any atom is 0.308 e. The molecule has 0 bridgehead atoms. The number of hydrogen-bond acceptors (Lipinski definition) is 3. The summed E-state index contributed by atoms with van der Waals surface area (Å²) in [6.07, 6.45) is 3.72. The molecule has 0 amide bonds. The van der Waals surface area contributed by atoms with E-state index in [1.807, 2.05) is 6.92 Å². The molecule has 2 atom stereocenters. The minimum Gasteiger partial charge on any atom is -0.481 e. The molecule has 1 aliphatic heterocycles. The van der Waals surface area contributed by atoms with Crippen LogP contribution >= 0.6 is 0 Å². The van der Waals surface area contributed by atoms with Gasteiger partial charge in [0.25, 0.3) is 0 Å². The van der Waals surface area contributed by atoms with Crippen LogP contribution in [-0.4, -0.2) is 42.1 Å². The number of carboxylic acid groups (broad SMARTS) is 1. The largest absolute Gasteiger partial charge is 0.481 e. The fourth-order valence-corrected chi connectivity index (χ4v) is 4.35. The molecule has 0 aromatic heterocycles. The minimum atomic E-state index is -3.30. The number of piperidine rings is 1. The Bertz CT molecular complexity index is 380. The molecule has 106 valence electrons. The van der Waals surface area contributed by atoms with Crippen molar-refractivity contribution in [1.82, 2.24) is 4.31 Å². The highest BCUT2D eigenvalue weighted by atomic mass is 32.2. The summed E-state index contributed by atoms with van der Waals surface area (Å²) < 4.78 is 25.7. The summed E-state index contributed by atoms with van der Waals surface area (Å²) in [5, 5.41) is 9.08. The number of sulfonamides is 1. The van der Waals surface area contributed by atoms with Gasteiger partial charge in [0, 0.05) is 12.6 Å². The molecule has 0 radical (unpaired) electrons. The van der Waals surface area contributed by atoms with Crippen molar-refractivity contribution < 1.29 is 18.3 Å². The van der Waals surface area contributed by atoms with Crippen LogP contribution in [0.2, 0.25) is 0 Å². The molecular formula is C12H23NO4S. The molecule has 0 aliphatic carbocycles. The first-order valence-electron chi connectivity index (χ1n) is 6.62. The van der Waals surface area contributed by atoms with Crippen LogP contribution in [0.3, 0.4) is 0 Å². The number of aliphatic carboxylic acids is 1. The van der Waals surface area contributed by atoms with E-state index < -0.39 is 28.0 Å². The number of unbranched alkanes of at least 4 members (excludes halogenated alkanes) is 2. The normalized spacial score (nSPS) is 26.1. The second kappa shape index (κ2) is 6.52. The van der Waals surface area contributed by atoms with E-state index in [9.17, 15) is 13.2 Å². The first-order valence-corrected chi connectivity index (χ1v) is 8.23. The van der Waals surface area contributed by atoms with Crippen molar-refractivity contribution in [2.24, 2.45) is 5.92 Å². The van der Waals surface area contributed by atoms with Crippen molar-refractivity contribution in [2.45, 2.75) is 52.0 Å². The van der Waals surface area contributed by atoms with Crippen molar-refractivity contribution in [3.63, 3.8) is 0 Å². The van der Waals surface area contributed by atoms with Gasteiger partial charge in [-0.3, -0.25) is 4.79 Å². The zero-order chi connectivity index (χ0) is 13.8. The summed E-state index contributed by atoms with van der Waals surface area (Å²) in [5.74, 6) is -1.33. The van der Waals surface area contributed by atoms with Crippen molar-refractivity contribution in [3.8, 4) is 0 Å². The smallest absolute Gasteiger partial charge is 0.308 e. The van der Waals surface area contributed by atoms with Gasteiger partial charge in [-0.15, -0.1) is 0 Å². The molecule has 0 unspecified atom stereocenters. The lowest BCUT2D eigenvalue weighted by molar-refractivity contribution is -0.144. The highest BCUT2D eigenvalue weighted by Gasteiger charge is 2.38. The van der Waals surface area contributed by atoms with Crippen LogP contribution in [0.25, 0.3) is 0 Å². The molecule has 5 nitrogen and oxygen atoms in total. The lowest BCUT2D eigenvalue weighted by Crippen LogP contribution is -2.49. The molecule has 1 heterocycles. The van der Waals surface area contributed by atoms with Gasteiger partial charge in [0.05, 0.1) is 11.7 Å². The second-order valence-corrected chi connectivity index (χ2v) is 7.00. The molecule has 1 saturated heterocycles. The molecule has 1 aliphatic rings. The van der Waals surface area contributed by atoms with Crippen LogP contribution in [0.15, 0.2) is 0 Å². The molecule has 0 aromatic carbocycles. The average Bonchev–Trinajstić information content (AvgIpc) is 2.28.